The van der Waals surface area contributed by atoms with Gasteiger partial charge in [-0.1, -0.05) is 47.5 Å². The second kappa shape index (κ2) is 6.69. The molecule has 110 valence electrons. The summed E-state index contributed by atoms with van der Waals surface area (Å²) >= 11 is 12.0. The van der Waals surface area contributed by atoms with Crippen LogP contribution in [0.3, 0.4) is 0 Å². The van der Waals surface area contributed by atoms with Gasteiger partial charge in [0.15, 0.2) is 0 Å². The number of nitrogens with one attached hydrogen (secondary N) is 1. The van der Waals surface area contributed by atoms with Gasteiger partial charge in [-0.2, -0.15) is 0 Å². The molecule has 0 saturated heterocycles. The number of halogens is 2. The Morgan fingerprint density at radius 1 is 1.05 bits per heavy atom. The van der Waals surface area contributed by atoms with E-state index >= 15 is 0 Å². The van der Waals surface area contributed by atoms with Crippen LogP contribution in [0.5, 0.6) is 5.75 Å². The predicted octanol–water partition coefficient (Wildman–Crippen LogP) is 4.82. The third-order valence-corrected chi connectivity index (χ3v) is 4.08. The molecule has 0 spiro atoms. The van der Waals surface area contributed by atoms with Crippen molar-refractivity contribution in [1.29, 1.82) is 0 Å². The number of ether oxygens (including phenoxy) is 1. The lowest BCUT2D eigenvalue weighted by molar-refractivity contribution is 0.305. The summed E-state index contributed by atoms with van der Waals surface area (Å²) in [4.78, 5) is 0. The van der Waals surface area contributed by atoms with Crippen molar-refractivity contribution in [3.63, 3.8) is 0 Å². The zero-order valence-corrected chi connectivity index (χ0v) is 13.1. The molecule has 21 heavy (non-hydrogen) atoms. The summed E-state index contributed by atoms with van der Waals surface area (Å²) in [6, 6.07) is 14.3. The highest BCUT2D eigenvalue weighted by molar-refractivity contribution is 6.35. The van der Waals surface area contributed by atoms with Crippen LogP contribution in [-0.2, 0) is 13.2 Å². The Labute approximate surface area is 135 Å². The van der Waals surface area contributed by atoms with Gasteiger partial charge in [0.05, 0.1) is 5.02 Å². The first-order valence-electron chi connectivity index (χ1n) is 7.10. The fourth-order valence-electron chi connectivity index (χ4n) is 2.16. The summed E-state index contributed by atoms with van der Waals surface area (Å²) in [6.45, 7) is 1.39. The van der Waals surface area contributed by atoms with Crippen LogP contribution in [0.15, 0.2) is 42.5 Å². The van der Waals surface area contributed by atoms with Crippen LogP contribution in [0.25, 0.3) is 0 Å². The van der Waals surface area contributed by atoms with Gasteiger partial charge in [-0.15, -0.1) is 0 Å². The molecule has 0 bridgehead atoms. The zero-order chi connectivity index (χ0) is 14.7. The number of benzene rings is 2. The highest BCUT2D eigenvalue weighted by Gasteiger charge is 2.20. The minimum Gasteiger partial charge on any atom is -0.487 e. The quantitative estimate of drug-likeness (QED) is 0.823. The van der Waals surface area contributed by atoms with Crippen LogP contribution in [0.1, 0.15) is 24.0 Å². The van der Waals surface area contributed by atoms with Crippen LogP contribution >= 0.6 is 23.2 Å². The highest BCUT2D eigenvalue weighted by atomic mass is 35.5. The monoisotopic (exact) mass is 321 g/mol. The molecule has 1 N–H and O–H groups in total. The Kier molecular flexibility index (Phi) is 4.69. The zero-order valence-electron chi connectivity index (χ0n) is 11.6. The van der Waals surface area contributed by atoms with E-state index in [-0.39, 0.29) is 0 Å². The Morgan fingerprint density at radius 2 is 1.81 bits per heavy atom. The molecule has 0 aliphatic heterocycles. The minimum absolute atomic E-state index is 0.504. The average molecular weight is 322 g/mol. The van der Waals surface area contributed by atoms with Crippen molar-refractivity contribution in [2.24, 2.45) is 0 Å². The second-order valence-corrected chi connectivity index (χ2v) is 6.13. The van der Waals surface area contributed by atoms with Gasteiger partial charge in [0.1, 0.15) is 12.4 Å². The molecule has 2 nitrogen and oxygen atoms in total. The van der Waals surface area contributed by atoms with Crippen LogP contribution < -0.4 is 10.1 Å². The molecule has 1 aliphatic rings. The van der Waals surface area contributed by atoms with E-state index in [4.69, 9.17) is 27.9 Å². The molecule has 1 saturated carbocycles. The SMILES string of the molecule is Clc1ccc(OCc2ccccc2CNC2CC2)c(Cl)c1. The average Bonchev–Trinajstić information content (AvgIpc) is 3.29. The van der Waals surface area contributed by atoms with E-state index in [1.807, 2.05) is 6.07 Å². The van der Waals surface area contributed by atoms with Gasteiger partial charge in [0.25, 0.3) is 0 Å². The van der Waals surface area contributed by atoms with Crippen molar-refractivity contribution in [2.45, 2.75) is 32.0 Å². The second-order valence-electron chi connectivity index (χ2n) is 5.29. The molecule has 1 aliphatic carbocycles. The molecular formula is C17H17Cl2NO. The van der Waals surface area contributed by atoms with Crippen LogP contribution in [0.2, 0.25) is 10.0 Å². The predicted molar refractivity (Wildman–Crippen MR) is 87.1 cm³/mol. The Balaban J connectivity index is 1.66. The molecule has 2 aromatic rings. The molecule has 1 fully saturated rings. The lowest BCUT2D eigenvalue weighted by Crippen LogP contribution is -2.16. The molecule has 4 heteroatoms. The summed E-state index contributed by atoms with van der Waals surface area (Å²) < 4.78 is 5.82. The van der Waals surface area contributed by atoms with Gasteiger partial charge < -0.3 is 10.1 Å². The van der Waals surface area contributed by atoms with Gasteiger partial charge in [-0.3, -0.25) is 0 Å². The maximum atomic E-state index is 6.12. The lowest BCUT2D eigenvalue weighted by Gasteiger charge is -2.12. The molecule has 0 unspecified atom stereocenters. The highest BCUT2D eigenvalue weighted by Crippen LogP contribution is 2.28. The molecule has 0 aromatic heterocycles. The third kappa shape index (κ3) is 4.13. The molecule has 0 heterocycles. The summed E-state index contributed by atoms with van der Waals surface area (Å²) in [5.41, 5.74) is 2.45. The van der Waals surface area contributed by atoms with Crippen molar-refractivity contribution in [3.05, 3.63) is 63.6 Å². The maximum Gasteiger partial charge on any atom is 0.138 e. The Bertz CT molecular complexity index is 626. The minimum atomic E-state index is 0.504. The topological polar surface area (TPSA) is 21.3 Å². The largest absolute Gasteiger partial charge is 0.487 e. The van der Waals surface area contributed by atoms with E-state index in [0.29, 0.717) is 28.4 Å². The molecule has 2 aromatic carbocycles. The Morgan fingerprint density at radius 3 is 2.52 bits per heavy atom. The molecular weight excluding hydrogens is 305 g/mol. The van der Waals surface area contributed by atoms with Gasteiger partial charge >= 0.3 is 0 Å². The molecule has 0 atom stereocenters. The fourth-order valence-corrected chi connectivity index (χ4v) is 2.62. The van der Waals surface area contributed by atoms with Crippen molar-refractivity contribution < 1.29 is 4.74 Å². The van der Waals surface area contributed by atoms with Crippen molar-refractivity contribution in [3.8, 4) is 5.75 Å². The Hall–Kier alpha value is -1.22. The van der Waals surface area contributed by atoms with Gasteiger partial charge in [-0.25, -0.2) is 0 Å². The van der Waals surface area contributed by atoms with Crippen LogP contribution in [-0.4, -0.2) is 6.04 Å². The summed E-state index contributed by atoms with van der Waals surface area (Å²) in [5, 5.41) is 4.68. The summed E-state index contributed by atoms with van der Waals surface area (Å²) in [5.74, 6) is 0.658. The van der Waals surface area contributed by atoms with Crippen molar-refractivity contribution in [2.75, 3.05) is 0 Å². The summed E-state index contributed by atoms with van der Waals surface area (Å²) in [6.07, 6.45) is 2.58. The fraction of sp³-hybridized carbons (Fsp3) is 0.294. The van der Waals surface area contributed by atoms with E-state index in [0.717, 1.165) is 6.54 Å². The lowest BCUT2D eigenvalue weighted by atomic mass is 10.1. The van der Waals surface area contributed by atoms with Crippen LogP contribution in [0, 0.1) is 0 Å². The van der Waals surface area contributed by atoms with Crippen molar-refractivity contribution >= 4 is 23.2 Å². The standard InChI is InChI=1S/C17H17Cl2NO/c18-14-5-8-17(16(19)9-14)21-11-13-4-2-1-3-12(13)10-20-15-6-7-15/h1-5,8-9,15,20H,6-7,10-11H2. The first-order valence-corrected chi connectivity index (χ1v) is 7.86. The first kappa shape index (κ1) is 14.7. The summed E-state index contributed by atoms with van der Waals surface area (Å²) in [7, 11) is 0. The van der Waals surface area contributed by atoms with E-state index in [2.05, 4.69) is 23.5 Å². The molecule has 0 amide bonds. The van der Waals surface area contributed by atoms with E-state index < -0.39 is 0 Å². The maximum absolute atomic E-state index is 6.12. The third-order valence-electron chi connectivity index (χ3n) is 3.55. The van der Waals surface area contributed by atoms with E-state index in [1.165, 1.54) is 24.0 Å². The number of hydrogen-bond acceptors (Lipinski definition) is 2. The molecule has 0 radical (unpaired) electrons. The van der Waals surface area contributed by atoms with Crippen molar-refractivity contribution in [1.82, 2.24) is 5.32 Å². The smallest absolute Gasteiger partial charge is 0.138 e. The first-order chi connectivity index (χ1) is 10.2. The van der Waals surface area contributed by atoms with E-state index in [9.17, 15) is 0 Å². The van der Waals surface area contributed by atoms with Crippen LogP contribution in [0.4, 0.5) is 0 Å². The van der Waals surface area contributed by atoms with E-state index in [1.54, 1.807) is 18.2 Å². The number of rotatable bonds is 6. The van der Waals surface area contributed by atoms with Gasteiger partial charge in [0, 0.05) is 17.6 Å². The molecule has 3 rings (SSSR count). The normalized spacial score (nSPS) is 14.2. The van der Waals surface area contributed by atoms with Gasteiger partial charge in [0.2, 0.25) is 0 Å². The van der Waals surface area contributed by atoms with Gasteiger partial charge in [-0.05, 0) is 42.2 Å². The number of hydrogen-bond donors (Lipinski definition) is 1.